The van der Waals surface area contributed by atoms with E-state index in [0.717, 1.165) is 33.0 Å². The Labute approximate surface area is 182 Å². The second kappa shape index (κ2) is 6.72. The summed E-state index contributed by atoms with van der Waals surface area (Å²) in [6.45, 7) is 2.09. The zero-order chi connectivity index (χ0) is 20.2. The van der Waals surface area contributed by atoms with Crippen molar-refractivity contribution in [3.63, 3.8) is 0 Å². The first-order valence-electron chi connectivity index (χ1n) is 9.66. The summed E-state index contributed by atoms with van der Waals surface area (Å²) in [5.74, 6) is 1.51. The number of rotatable bonds is 2. The van der Waals surface area contributed by atoms with Crippen molar-refractivity contribution in [2.45, 2.75) is 19.1 Å². The van der Waals surface area contributed by atoms with E-state index in [1.54, 1.807) is 17.7 Å². The van der Waals surface area contributed by atoms with Crippen LogP contribution >= 0.6 is 22.9 Å². The van der Waals surface area contributed by atoms with Crippen molar-refractivity contribution in [2.75, 3.05) is 5.32 Å². The molecule has 0 saturated carbocycles. The maximum Gasteiger partial charge on any atom is 0.226 e. The normalized spacial score (nSPS) is 19.4. The van der Waals surface area contributed by atoms with Gasteiger partial charge in [-0.05, 0) is 42.1 Å². The third kappa shape index (κ3) is 2.68. The van der Waals surface area contributed by atoms with Crippen LogP contribution in [0.15, 0.2) is 71.9 Å². The number of hydrogen-bond donors (Lipinski definition) is 1. The molecule has 6 rings (SSSR count). The minimum absolute atomic E-state index is 0.140. The fourth-order valence-electron chi connectivity index (χ4n) is 4.19. The monoisotopic (exact) mass is 432 g/mol. The smallest absolute Gasteiger partial charge is 0.226 e. The molecule has 4 heterocycles. The lowest BCUT2D eigenvalue weighted by atomic mass is 9.86. The van der Waals surface area contributed by atoms with Crippen LogP contribution in [0.1, 0.15) is 33.7 Å². The molecule has 0 unspecified atom stereocenters. The van der Waals surface area contributed by atoms with Gasteiger partial charge in [-0.25, -0.2) is 4.68 Å². The highest BCUT2D eigenvalue weighted by atomic mass is 35.5. The van der Waals surface area contributed by atoms with Gasteiger partial charge in [-0.2, -0.15) is 10.1 Å². The topological polar surface area (TPSA) is 52.0 Å². The summed E-state index contributed by atoms with van der Waals surface area (Å²) in [4.78, 5) is 5.60. The molecule has 0 spiro atoms. The van der Waals surface area contributed by atoms with E-state index < -0.39 is 0 Å². The summed E-state index contributed by atoms with van der Waals surface area (Å²) in [6, 6.07) is 18.3. The molecule has 0 aliphatic carbocycles. The molecule has 0 saturated heterocycles. The molecule has 7 heteroatoms. The number of aryl methyl sites for hydroxylation is 1. The quantitative estimate of drug-likeness (QED) is 0.431. The lowest BCUT2D eigenvalue weighted by Gasteiger charge is -2.38. The SMILES string of the molecule is Cc1ccc([C@H]2C3=C(Nc4ncnn42)c2cc(Cl)ccc2O[C@@H]3c2cccs2)cc1. The number of anilines is 1. The van der Waals surface area contributed by atoms with Crippen LogP contribution in [0.3, 0.4) is 0 Å². The Morgan fingerprint density at radius 1 is 1.13 bits per heavy atom. The second-order valence-corrected chi connectivity index (χ2v) is 8.87. The van der Waals surface area contributed by atoms with Gasteiger partial charge in [0.05, 0.1) is 5.70 Å². The first-order chi connectivity index (χ1) is 14.7. The van der Waals surface area contributed by atoms with Crippen molar-refractivity contribution in [3.05, 3.63) is 98.5 Å². The molecule has 148 valence electrons. The van der Waals surface area contributed by atoms with Gasteiger partial charge >= 0.3 is 0 Å². The molecular formula is C23H17ClN4OS. The number of ether oxygens (including phenoxy) is 1. The number of thiophene rings is 1. The van der Waals surface area contributed by atoms with E-state index in [1.165, 1.54) is 5.56 Å². The molecule has 2 atom stereocenters. The Kier molecular flexibility index (Phi) is 3.97. The predicted octanol–water partition coefficient (Wildman–Crippen LogP) is 5.86. The van der Waals surface area contributed by atoms with E-state index in [-0.39, 0.29) is 12.1 Å². The van der Waals surface area contributed by atoms with Crippen molar-refractivity contribution in [1.29, 1.82) is 0 Å². The third-order valence-electron chi connectivity index (χ3n) is 5.57. The molecule has 5 nitrogen and oxygen atoms in total. The van der Waals surface area contributed by atoms with Gasteiger partial charge < -0.3 is 10.1 Å². The molecule has 2 aromatic carbocycles. The third-order valence-corrected chi connectivity index (χ3v) is 6.72. The highest BCUT2D eigenvalue weighted by molar-refractivity contribution is 7.10. The van der Waals surface area contributed by atoms with Crippen molar-refractivity contribution >= 4 is 34.6 Å². The van der Waals surface area contributed by atoms with Crippen LogP contribution in [-0.2, 0) is 0 Å². The average molecular weight is 433 g/mol. The van der Waals surface area contributed by atoms with Gasteiger partial charge in [0, 0.05) is 21.0 Å². The standard InChI is InChI=1S/C23H17ClN4OS/c1-13-4-6-14(7-5-13)21-19-20(27-23-25-12-26-28(21)23)16-11-15(24)8-9-17(16)29-22(19)18-3-2-10-30-18/h2-12,21-22H,1H3,(H,25,26,27)/t21-,22+/m0/s1. The Morgan fingerprint density at radius 3 is 2.80 bits per heavy atom. The fraction of sp³-hybridized carbons (Fsp3) is 0.130. The van der Waals surface area contributed by atoms with Crippen LogP contribution in [0.4, 0.5) is 5.95 Å². The van der Waals surface area contributed by atoms with Crippen molar-refractivity contribution < 1.29 is 4.74 Å². The molecule has 1 N–H and O–H groups in total. The molecule has 0 bridgehead atoms. The lowest BCUT2D eigenvalue weighted by molar-refractivity contribution is 0.226. The summed E-state index contributed by atoms with van der Waals surface area (Å²) in [7, 11) is 0. The Bertz CT molecular complexity index is 1280. The van der Waals surface area contributed by atoms with E-state index in [9.17, 15) is 0 Å². The van der Waals surface area contributed by atoms with E-state index in [0.29, 0.717) is 11.0 Å². The number of fused-ring (bicyclic) bond motifs is 3. The summed E-state index contributed by atoms with van der Waals surface area (Å²) in [5, 5.41) is 10.8. The summed E-state index contributed by atoms with van der Waals surface area (Å²) < 4.78 is 8.49. The molecule has 2 aliphatic heterocycles. The Balaban J connectivity index is 1.64. The maximum absolute atomic E-state index is 6.56. The summed E-state index contributed by atoms with van der Waals surface area (Å²) in [5.41, 5.74) is 5.39. The molecule has 2 aromatic heterocycles. The minimum atomic E-state index is -0.232. The number of nitrogens with one attached hydrogen (secondary N) is 1. The average Bonchev–Trinajstić information content (AvgIpc) is 3.44. The van der Waals surface area contributed by atoms with Gasteiger partial charge in [0.2, 0.25) is 5.95 Å². The van der Waals surface area contributed by atoms with Crippen molar-refractivity contribution in [1.82, 2.24) is 14.8 Å². The van der Waals surface area contributed by atoms with Gasteiger partial charge in [-0.15, -0.1) is 11.3 Å². The summed E-state index contributed by atoms with van der Waals surface area (Å²) >= 11 is 8.04. The number of benzene rings is 2. The van der Waals surface area contributed by atoms with Gasteiger partial charge in [0.15, 0.2) is 6.10 Å². The van der Waals surface area contributed by atoms with Gasteiger partial charge in [0.1, 0.15) is 18.1 Å². The van der Waals surface area contributed by atoms with Crippen LogP contribution in [0.2, 0.25) is 5.02 Å². The van der Waals surface area contributed by atoms with Crippen LogP contribution < -0.4 is 10.1 Å². The van der Waals surface area contributed by atoms with Crippen LogP contribution in [0, 0.1) is 6.92 Å². The Morgan fingerprint density at radius 2 is 2.00 bits per heavy atom. The zero-order valence-corrected chi connectivity index (χ0v) is 17.6. The first kappa shape index (κ1) is 17.7. The van der Waals surface area contributed by atoms with E-state index in [2.05, 4.69) is 64.1 Å². The molecule has 0 fully saturated rings. The summed E-state index contributed by atoms with van der Waals surface area (Å²) in [6.07, 6.45) is 1.35. The van der Waals surface area contributed by atoms with Gasteiger partial charge in [-0.1, -0.05) is 47.5 Å². The lowest BCUT2D eigenvalue weighted by Crippen LogP contribution is -2.32. The van der Waals surface area contributed by atoms with Crippen molar-refractivity contribution in [3.8, 4) is 5.75 Å². The van der Waals surface area contributed by atoms with Crippen molar-refractivity contribution in [2.24, 2.45) is 0 Å². The molecule has 0 amide bonds. The van der Waals surface area contributed by atoms with Gasteiger partial charge in [-0.3, -0.25) is 0 Å². The van der Waals surface area contributed by atoms with Crippen LogP contribution in [-0.4, -0.2) is 14.8 Å². The Hall–Kier alpha value is -3.09. The highest BCUT2D eigenvalue weighted by Crippen LogP contribution is 2.51. The maximum atomic E-state index is 6.56. The number of halogens is 1. The number of aromatic nitrogens is 3. The zero-order valence-electron chi connectivity index (χ0n) is 16.0. The van der Waals surface area contributed by atoms with Crippen LogP contribution in [0.25, 0.3) is 5.70 Å². The number of hydrogen-bond acceptors (Lipinski definition) is 5. The second-order valence-electron chi connectivity index (χ2n) is 7.45. The molecule has 30 heavy (non-hydrogen) atoms. The largest absolute Gasteiger partial charge is 0.480 e. The van der Waals surface area contributed by atoms with Crippen LogP contribution in [0.5, 0.6) is 5.75 Å². The minimum Gasteiger partial charge on any atom is -0.480 e. The van der Waals surface area contributed by atoms with E-state index >= 15 is 0 Å². The van der Waals surface area contributed by atoms with E-state index in [4.69, 9.17) is 16.3 Å². The molecule has 4 aromatic rings. The predicted molar refractivity (Wildman–Crippen MR) is 119 cm³/mol. The molecular weight excluding hydrogens is 416 g/mol. The number of nitrogens with zero attached hydrogens (tertiary/aromatic N) is 3. The van der Waals surface area contributed by atoms with E-state index in [1.807, 2.05) is 22.9 Å². The molecule has 2 aliphatic rings. The fourth-order valence-corrected chi connectivity index (χ4v) is 5.13. The van der Waals surface area contributed by atoms with Gasteiger partial charge in [0.25, 0.3) is 0 Å². The highest BCUT2D eigenvalue weighted by Gasteiger charge is 2.41. The first-order valence-corrected chi connectivity index (χ1v) is 10.9. The molecule has 0 radical (unpaired) electrons.